The van der Waals surface area contributed by atoms with Crippen molar-refractivity contribution >= 4 is 22.9 Å². The quantitative estimate of drug-likeness (QED) is 0.826. The third kappa shape index (κ3) is 4.00. The van der Waals surface area contributed by atoms with Gasteiger partial charge in [-0.2, -0.15) is 0 Å². The first-order chi connectivity index (χ1) is 9.20. The fourth-order valence-corrected chi connectivity index (χ4v) is 2.98. The monoisotopic (exact) mass is 295 g/mol. The van der Waals surface area contributed by atoms with E-state index in [2.05, 4.69) is 22.4 Å². The molecule has 0 unspecified atom stereocenters. The fourth-order valence-electron chi connectivity index (χ4n) is 1.83. The Hall–Kier alpha value is -0.970. The first-order valence-electron chi connectivity index (χ1n) is 6.50. The minimum Gasteiger partial charge on any atom is -0.316 e. The molecule has 2 aromatic rings. The SMILES string of the molecule is CCCNCCc1nnc(-c2ccc(Cl)cc2C)s1. The third-order valence-electron chi connectivity index (χ3n) is 2.83. The van der Waals surface area contributed by atoms with E-state index in [9.17, 15) is 0 Å². The zero-order chi connectivity index (χ0) is 13.7. The molecule has 102 valence electrons. The van der Waals surface area contributed by atoms with Gasteiger partial charge >= 0.3 is 0 Å². The molecule has 3 nitrogen and oxygen atoms in total. The van der Waals surface area contributed by atoms with Gasteiger partial charge in [0.05, 0.1) is 0 Å². The van der Waals surface area contributed by atoms with E-state index < -0.39 is 0 Å². The van der Waals surface area contributed by atoms with Crippen LogP contribution in [0.3, 0.4) is 0 Å². The number of hydrogen-bond acceptors (Lipinski definition) is 4. The van der Waals surface area contributed by atoms with Crippen molar-refractivity contribution in [3.63, 3.8) is 0 Å². The lowest BCUT2D eigenvalue weighted by Gasteiger charge is -2.01. The Labute approximate surface area is 123 Å². The Kier molecular flexibility index (Phi) is 5.31. The molecule has 1 aromatic heterocycles. The van der Waals surface area contributed by atoms with Crippen molar-refractivity contribution in [2.45, 2.75) is 26.7 Å². The van der Waals surface area contributed by atoms with Crippen molar-refractivity contribution in [1.29, 1.82) is 0 Å². The number of aromatic nitrogens is 2. The fraction of sp³-hybridized carbons (Fsp3) is 0.429. The average molecular weight is 296 g/mol. The van der Waals surface area contributed by atoms with Crippen LogP contribution >= 0.6 is 22.9 Å². The van der Waals surface area contributed by atoms with Gasteiger partial charge in [0, 0.05) is 23.6 Å². The molecule has 1 heterocycles. The Balaban J connectivity index is 2.04. The van der Waals surface area contributed by atoms with Crippen molar-refractivity contribution in [1.82, 2.24) is 15.5 Å². The molecule has 1 aromatic carbocycles. The zero-order valence-corrected chi connectivity index (χ0v) is 12.8. The smallest absolute Gasteiger partial charge is 0.148 e. The van der Waals surface area contributed by atoms with E-state index in [-0.39, 0.29) is 0 Å². The van der Waals surface area contributed by atoms with Crippen LogP contribution < -0.4 is 5.32 Å². The van der Waals surface area contributed by atoms with Gasteiger partial charge in [-0.05, 0) is 37.6 Å². The normalized spacial score (nSPS) is 10.9. The van der Waals surface area contributed by atoms with Gasteiger partial charge in [0.25, 0.3) is 0 Å². The van der Waals surface area contributed by atoms with Crippen LogP contribution in [0.15, 0.2) is 18.2 Å². The molecule has 0 aliphatic heterocycles. The highest BCUT2D eigenvalue weighted by Crippen LogP contribution is 2.28. The minimum atomic E-state index is 0.759. The van der Waals surface area contributed by atoms with Gasteiger partial charge in [-0.3, -0.25) is 0 Å². The Morgan fingerprint density at radius 3 is 2.84 bits per heavy atom. The minimum absolute atomic E-state index is 0.759. The molecular weight excluding hydrogens is 278 g/mol. The van der Waals surface area contributed by atoms with E-state index in [4.69, 9.17) is 11.6 Å². The van der Waals surface area contributed by atoms with Crippen molar-refractivity contribution in [2.75, 3.05) is 13.1 Å². The van der Waals surface area contributed by atoms with Crippen molar-refractivity contribution < 1.29 is 0 Å². The molecule has 0 aliphatic rings. The highest BCUT2D eigenvalue weighted by molar-refractivity contribution is 7.14. The van der Waals surface area contributed by atoms with Crippen molar-refractivity contribution in [3.05, 3.63) is 33.8 Å². The topological polar surface area (TPSA) is 37.8 Å². The molecule has 0 spiro atoms. The Morgan fingerprint density at radius 1 is 1.26 bits per heavy atom. The van der Waals surface area contributed by atoms with E-state index in [0.29, 0.717) is 0 Å². The molecule has 1 N–H and O–H groups in total. The largest absolute Gasteiger partial charge is 0.316 e. The molecular formula is C14H18ClN3S. The maximum absolute atomic E-state index is 5.97. The molecule has 0 saturated heterocycles. The number of hydrogen-bond donors (Lipinski definition) is 1. The number of aryl methyl sites for hydroxylation is 1. The van der Waals surface area contributed by atoms with Crippen LogP contribution in [0, 0.1) is 6.92 Å². The summed E-state index contributed by atoms with van der Waals surface area (Å²) in [4.78, 5) is 0. The lowest BCUT2D eigenvalue weighted by Crippen LogP contribution is -2.17. The van der Waals surface area contributed by atoms with Gasteiger partial charge in [0.15, 0.2) is 0 Å². The van der Waals surface area contributed by atoms with E-state index in [1.807, 2.05) is 25.1 Å². The van der Waals surface area contributed by atoms with E-state index >= 15 is 0 Å². The maximum Gasteiger partial charge on any atom is 0.148 e. The Bertz CT molecular complexity index is 539. The summed E-state index contributed by atoms with van der Waals surface area (Å²) in [7, 11) is 0. The molecule has 19 heavy (non-hydrogen) atoms. The molecule has 2 rings (SSSR count). The predicted molar refractivity (Wildman–Crippen MR) is 82.0 cm³/mol. The molecule has 0 atom stereocenters. The standard InChI is InChI=1S/C14H18ClN3S/c1-3-7-16-8-6-13-17-18-14(19-13)12-5-4-11(15)9-10(12)2/h4-5,9,16H,3,6-8H2,1-2H3. The summed E-state index contributed by atoms with van der Waals surface area (Å²) in [6, 6.07) is 5.87. The maximum atomic E-state index is 5.97. The second kappa shape index (κ2) is 6.98. The van der Waals surface area contributed by atoms with Crippen LogP contribution in [-0.2, 0) is 6.42 Å². The molecule has 5 heteroatoms. The number of benzene rings is 1. The van der Waals surface area contributed by atoms with Crippen LogP contribution in [0.1, 0.15) is 23.9 Å². The van der Waals surface area contributed by atoms with Crippen LogP contribution in [-0.4, -0.2) is 23.3 Å². The summed E-state index contributed by atoms with van der Waals surface area (Å²) in [5.41, 5.74) is 2.26. The number of nitrogens with zero attached hydrogens (tertiary/aromatic N) is 2. The second-order valence-corrected chi connectivity index (χ2v) is 5.96. The molecule has 0 amide bonds. The highest BCUT2D eigenvalue weighted by atomic mass is 35.5. The van der Waals surface area contributed by atoms with Crippen LogP contribution in [0.5, 0.6) is 0 Å². The van der Waals surface area contributed by atoms with Gasteiger partial charge in [0.2, 0.25) is 0 Å². The molecule has 0 saturated carbocycles. The number of rotatable bonds is 6. The predicted octanol–water partition coefficient (Wildman–Crippen LogP) is 3.71. The summed E-state index contributed by atoms with van der Waals surface area (Å²) in [5, 5.41) is 14.7. The van der Waals surface area contributed by atoms with Crippen LogP contribution in [0.2, 0.25) is 5.02 Å². The molecule has 0 aliphatic carbocycles. The van der Waals surface area contributed by atoms with Crippen LogP contribution in [0.4, 0.5) is 0 Å². The highest BCUT2D eigenvalue weighted by Gasteiger charge is 2.09. The second-order valence-electron chi connectivity index (χ2n) is 4.46. The van der Waals surface area contributed by atoms with Gasteiger partial charge in [-0.15, -0.1) is 10.2 Å². The zero-order valence-electron chi connectivity index (χ0n) is 11.2. The summed E-state index contributed by atoms with van der Waals surface area (Å²) < 4.78 is 0. The van der Waals surface area contributed by atoms with Crippen molar-refractivity contribution in [2.24, 2.45) is 0 Å². The first kappa shape index (κ1) is 14.4. The van der Waals surface area contributed by atoms with Crippen LogP contribution in [0.25, 0.3) is 10.6 Å². The summed E-state index contributed by atoms with van der Waals surface area (Å²) >= 11 is 7.63. The molecule has 0 fully saturated rings. The summed E-state index contributed by atoms with van der Waals surface area (Å²) in [5.74, 6) is 0. The van der Waals surface area contributed by atoms with E-state index in [0.717, 1.165) is 52.1 Å². The van der Waals surface area contributed by atoms with E-state index in [1.54, 1.807) is 11.3 Å². The van der Waals surface area contributed by atoms with Gasteiger partial charge in [0.1, 0.15) is 10.0 Å². The van der Waals surface area contributed by atoms with Crippen molar-refractivity contribution in [3.8, 4) is 10.6 Å². The summed E-state index contributed by atoms with van der Waals surface area (Å²) in [6.45, 7) is 6.23. The molecule has 0 bridgehead atoms. The molecule has 0 radical (unpaired) electrons. The lowest BCUT2D eigenvalue weighted by molar-refractivity contribution is 0.668. The van der Waals surface area contributed by atoms with Gasteiger partial charge < -0.3 is 5.32 Å². The van der Waals surface area contributed by atoms with Gasteiger partial charge in [-0.25, -0.2) is 0 Å². The average Bonchev–Trinajstić information content (AvgIpc) is 2.83. The summed E-state index contributed by atoms with van der Waals surface area (Å²) in [6.07, 6.45) is 2.09. The number of halogens is 1. The third-order valence-corrected chi connectivity index (χ3v) is 4.08. The van der Waals surface area contributed by atoms with Gasteiger partial charge in [-0.1, -0.05) is 35.9 Å². The Morgan fingerprint density at radius 2 is 2.11 bits per heavy atom. The lowest BCUT2D eigenvalue weighted by atomic mass is 10.1. The number of nitrogens with one attached hydrogen (secondary N) is 1. The first-order valence-corrected chi connectivity index (χ1v) is 7.69. The van der Waals surface area contributed by atoms with E-state index in [1.165, 1.54) is 0 Å².